The van der Waals surface area contributed by atoms with Gasteiger partial charge in [0.15, 0.2) is 11.5 Å². The van der Waals surface area contributed by atoms with Crippen LogP contribution in [0.1, 0.15) is 18.9 Å². The van der Waals surface area contributed by atoms with Crippen molar-refractivity contribution in [2.45, 2.75) is 26.0 Å². The fourth-order valence-electron chi connectivity index (χ4n) is 2.43. The van der Waals surface area contributed by atoms with Gasteiger partial charge in [-0.3, -0.25) is 4.90 Å². The maximum absolute atomic E-state index is 10.1. The Hall–Kier alpha value is -1.56. The first kappa shape index (κ1) is 19.5. The maximum Gasteiger partial charge on any atom is 0.161 e. The average molecular weight is 323 g/mol. The van der Waals surface area contributed by atoms with Crippen LogP contribution in [0.4, 0.5) is 0 Å². The number of benzene rings is 1. The zero-order chi connectivity index (χ0) is 17.1. The summed E-state index contributed by atoms with van der Waals surface area (Å²) in [7, 11) is 3.26. The number of hydrogen-bond acceptors (Lipinski definition) is 5. The first-order chi connectivity index (χ1) is 11.1. The molecule has 0 aliphatic heterocycles. The van der Waals surface area contributed by atoms with Crippen LogP contribution in [0.2, 0.25) is 0 Å². The summed E-state index contributed by atoms with van der Waals surface area (Å²) >= 11 is 0. The second-order valence-electron chi connectivity index (χ2n) is 5.40. The number of aliphatic hydroxyl groups is 1. The minimum absolute atomic E-state index is 0.318. The van der Waals surface area contributed by atoms with Crippen molar-refractivity contribution in [1.82, 2.24) is 4.90 Å². The molecule has 0 saturated carbocycles. The normalized spacial score (nSPS) is 12.2. The lowest BCUT2D eigenvalue weighted by atomic mass is 10.1. The van der Waals surface area contributed by atoms with Gasteiger partial charge < -0.3 is 19.3 Å². The van der Waals surface area contributed by atoms with Crippen molar-refractivity contribution >= 4 is 0 Å². The van der Waals surface area contributed by atoms with E-state index in [-0.39, 0.29) is 0 Å². The van der Waals surface area contributed by atoms with E-state index in [1.807, 2.05) is 18.2 Å². The van der Waals surface area contributed by atoms with Crippen molar-refractivity contribution in [3.8, 4) is 11.5 Å². The van der Waals surface area contributed by atoms with Crippen molar-refractivity contribution < 1.29 is 19.3 Å². The molecule has 1 aromatic rings. The van der Waals surface area contributed by atoms with E-state index >= 15 is 0 Å². The highest BCUT2D eigenvalue weighted by Crippen LogP contribution is 2.28. The molecule has 5 heteroatoms. The first-order valence-corrected chi connectivity index (χ1v) is 7.94. The van der Waals surface area contributed by atoms with E-state index in [4.69, 9.17) is 14.2 Å². The summed E-state index contributed by atoms with van der Waals surface area (Å²) in [5.74, 6) is 1.44. The van der Waals surface area contributed by atoms with Gasteiger partial charge >= 0.3 is 0 Å². The molecule has 0 aliphatic rings. The van der Waals surface area contributed by atoms with E-state index in [1.165, 1.54) is 0 Å². The smallest absolute Gasteiger partial charge is 0.161 e. The summed E-state index contributed by atoms with van der Waals surface area (Å²) < 4.78 is 15.9. The molecule has 1 N–H and O–H groups in total. The summed E-state index contributed by atoms with van der Waals surface area (Å²) in [5.41, 5.74) is 1.12. The van der Waals surface area contributed by atoms with Crippen LogP contribution >= 0.6 is 0 Å². The quantitative estimate of drug-likeness (QED) is 0.473. The van der Waals surface area contributed by atoms with E-state index in [0.29, 0.717) is 19.8 Å². The molecule has 0 aliphatic carbocycles. The third-order valence-electron chi connectivity index (χ3n) is 3.41. The van der Waals surface area contributed by atoms with Gasteiger partial charge in [0.25, 0.3) is 0 Å². The molecule has 0 fully saturated rings. The molecule has 23 heavy (non-hydrogen) atoms. The van der Waals surface area contributed by atoms with Crippen molar-refractivity contribution in [3.63, 3.8) is 0 Å². The second kappa shape index (κ2) is 11.0. The first-order valence-electron chi connectivity index (χ1n) is 7.94. The number of ether oxygens (including phenoxy) is 3. The molecule has 0 heterocycles. The average Bonchev–Trinajstić information content (AvgIpc) is 2.55. The van der Waals surface area contributed by atoms with Gasteiger partial charge in [-0.05, 0) is 30.7 Å². The lowest BCUT2D eigenvalue weighted by molar-refractivity contribution is 0.0246. The third kappa shape index (κ3) is 7.03. The number of aliphatic hydroxyl groups excluding tert-OH is 1. The van der Waals surface area contributed by atoms with Crippen LogP contribution in [0.25, 0.3) is 0 Å². The molecule has 0 spiro atoms. The Kier molecular flexibility index (Phi) is 9.36. The highest BCUT2D eigenvalue weighted by molar-refractivity contribution is 5.42. The maximum atomic E-state index is 10.1. The van der Waals surface area contributed by atoms with Crippen molar-refractivity contribution in [2.24, 2.45) is 0 Å². The van der Waals surface area contributed by atoms with Crippen LogP contribution in [0.15, 0.2) is 30.9 Å². The van der Waals surface area contributed by atoms with Gasteiger partial charge in [-0.25, -0.2) is 0 Å². The summed E-state index contributed by atoms with van der Waals surface area (Å²) in [6, 6.07) is 5.90. The minimum Gasteiger partial charge on any atom is -0.493 e. The standard InChI is InChI=1S/C18H29NO4/c1-5-9-19(13-16(20)14-23-10-6-2)12-15-7-8-17(21-3)18(11-15)22-4/h6-8,11,16,20H,2,5,9-10,12-14H2,1,3-4H3/t16-/m0/s1. The summed E-state index contributed by atoms with van der Waals surface area (Å²) in [4.78, 5) is 2.21. The number of hydrogen-bond donors (Lipinski definition) is 1. The monoisotopic (exact) mass is 323 g/mol. The van der Waals surface area contributed by atoms with Crippen LogP contribution in [0.5, 0.6) is 11.5 Å². The van der Waals surface area contributed by atoms with Crippen LogP contribution < -0.4 is 9.47 Å². The fraction of sp³-hybridized carbons (Fsp3) is 0.556. The van der Waals surface area contributed by atoms with Gasteiger partial charge in [-0.2, -0.15) is 0 Å². The molecule has 0 saturated heterocycles. The minimum atomic E-state index is -0.512. The molecule has 5 nitrogen and oxygen atoms in total. The van der Waals surface area contributed by atoms with Gasteiger partial charge in [-0.15, -0.1) is 6.58 Å². The van der Waals surface area contributed by atoms with E-state index in [1.54, 1.807) is 20.3 Å². The molecule has 0 radical (unpaired) electrons. The summed E-state index contributed by atoms with van der Waals surface area (Å²) in [6.07, 6.45) is 2.19. The van der Waals surface area contributed by atoms with Crippen LogP contribution in [-0.4, -0.2) is 56.6 Å². The van der Waals surface area contributed by atoms with Crippen LogP contribution in [0, 0.1) is 0 Å². The van der Waals surface area contributed by atoms with Crippen LogP contribution in [0.3, 0.4) is 0 Å². The lowest BCUT2D eigenvalue weighted by Gasteiger charge is -2.25. The number of methoxy groups -OCH3 is 2. The fourth-order valence-corrected chi connectivity index (χ4v) is 2.43. The largest absolute Gasteiger partial charge is 0.493 e. The van der Waals surface area contributed by atoms with Crippen LogP contribution in [-0.2, 0) is 11.3 Å². The number of rotatable bonds is 12. The predicted octanol–water partition coefficient (Wildman–Crippen LogP) is 2.48. The van der Waals surface area contributed by atoms with Crippen molar-refractivity contribution in [3.05, 3.63) is 36.4 Å². The van der Waals surface area contributed by atoms with Gasteiger partial charge in [-0.1, -0.05) is 19.1 Å². The second-order valence-corrected chi connectivity index (χ2v) is 5.40. The Labute approximate surface area is 139 Å². The molecular weight excluding hydrogens is 294 g/mol. The Bertz CT molecular complexity index is 464. The Morgan fingerprint density at radius 3 is 2.61 bits per heavy atom. The number of nitrogens with zero attached hydrogens (tertiary/aromatic N) is 1. The van der Waals surface area contributed by atoms with Gasteiger partial charge in [0.05, 0.1) is 33.5 Å². The third-order valence-corrected chi connectivity index (χ3v) is 3.41. The summed E-state index contributed by atoms with van der Waals surface area (Å²) in [6.45, 7) is 8.72. The molecular formula is C18H29NO4. The molecule has 1 rings (SSSR count). The summed E-state index contributed by atoms with van der Waals surface area (Å²) in [5, 5.41) is 10.1. The van der Waals surface area contributed by atoms with Gasteiger partial charge in [0.2, 0.25) is 0 Å². The van der Waals surface area contributed by atoms with E-state index < -0.39 is 6.10 Å². The highest BCUT2D eigenvalue weighted by atomic mass is 16.5. The van der Waals surface area contributed by atoms with Gasteiger partial charge in [0, 0.05) is 13.1 Å². The molecule has 1 atom stereocenters. The SMILES string of the molecule is C=CCOC[C@@H](O)CN(CCC)Cc1ccc(OC)c(OC)c1. The van der Waals surface area contributed by atoms with E-state index in [2.05, 4.69) is 18.4 Å². The Balaban J connectivity index is 2.65. The van der Waals surface area contributed by atoms with E-state index in [9.17, 15) is 5.11 Å². The Morgan fingerprint density at radius 2 is 2.00 bits per heavy atom. The molecule has 130 valence electrons. The molecule has 0 aromatic heterocycles. The highest BCUT2D eigenvalue weighted by Gasteiger charge is 2.13. The topological polar surface area (TPSA) is 51.2 Å². The van der Waals surface area contributed by atoms with Crippen molar-refractivity contribution in [1.29, 1.82) is 0 Å². The molecule has 0 bridgehead atoms. The van der Waals surface area contributed by atoms with E-state index in [0.717, 1.165) is 36.6 Å². The molecule has 0 amide bonds. The predicted molar refractivity (Wildman–Crippen MR) is 92.1 cm³/mol. The zero-order valence-electron chi connectivity index (χ0n) is 14.5. The molecule has 0 unspecified atom stereocenters. The molecule has 1 aromatic carbocycles. The van der Waals surface area contributed by atoms with Crippen molar-refractivity contribution in [2.75, 3.05) is 40.5 Å². The Morgan fingerprint density at radius 1 is 1.26 bits per heavy atom. The van der Waals surface area contributed by atoms with Gasteiger partial charge in [0.1, 0.15) is 0 Å². The zero-order valence-corrected chi connectivity index (χ0v) is 14.5. The lowest BCUT2D eigenvalue weighted by Crippen LogP contribution is -2.35.